The quantitative estimate of drug-likeness (QED) is 0.542. The van der Waals surface area contributed by atoms with Crippen LogP contribution in [0.25, 0.3) is 22.4 Å². The van der Waals surface area contributed by atoms with Crippen molar-refractivity contribution in [1.82, 2.24) is 4.98 Å². The first-order valence-electron chi connectivity index (χ1n) is 9.69. The molecule has 3 aromatic rings. The first-order valence-corrected chi connectivity index (χ1v) is 10.6. The number of aromatic nitrogens is 1. The molecule has 0 radical (unpaired) electrons. The van der Waals surface area contributed by atoms with E-state index in [1.54, 1.807) is 0 Å². The van der Waals surface area contributed by atoms with E-state index < -0.39 is 0 Å². The lowest BCUT2D eigenvalue weighted by molar-refractivity contribution is -0.116. The van der Waals surface area contributed by atoms with Crippen LogP contribution in [0.2, 0.25) is 0 Å². The van der Waals surface area contributed by atoms with Crippen molar-refractivity contribution in [2.75, 3.05) is 5.32 Å². The highest BCUT2D eigenvalue weighted by Gasteiger charge is 2.16. The number of hydrogen-bond acceptors (Lipinski definition) is 3. The van der Waals surface area contributed by atoms with Crippen LogP contribution < -0.4 is 5.32 Å². The third-order valence-electron chi connectivity index (χ3n) is 5.29. The summed E-state index contributed by atoms with van der Waals surface area (Å²) in [5, 5.41) is 5.65. The van der Waals surface area contributed by atoms with Crippen LogP contribution >= 0.6 is 11.3 Å². The topological polar surface area (TPSA) is 42.0 Å². The first-order chi connectivity index (χ1) is 13.3. The van der Waals surface area contributed by atoms with Crippen molar-refractivity contribution >= 4 is 22.4 Å². The lowest BCUT2D eigenvalue weighted by Crippen LogP contribution is -2.12. The average Bonchev–Trinajstić information content (AvgIpc) is 3.39. The third kappa shape index (κ3) is 4.64. The predicted octanol–water partition coefficient (Wildman–Crippen LogP) is 6.39. The molecule has 1 N–H and O–H groups in total. The zero-order chi connectivity index (χ0) is 18.5. The molecule has 3 nitrogen and oxygen atoms in total. The molecule has 1 heterocycles. The van der Waals surface area contributed by atoms with Crippen LogP contribution in [0, 0.1) is 5.92 Å². The Bertz CT molecular complexity index is 880. The van der Waals surface area contributed by atoms with Gasteiger partial charge in [0.1, 0.15) is 0 Å². The van der Waals surface area contributed by atoms with Gasteiger partial charge >= 0.3 is 0 Å². The van der Waals surface area contributed by atoms with Crippen molar-refractivity contribution in [3.8, 4) is 22.4 Å². The second kappa shape index (κ2) is 8.49. The molecule has 4 rings (SSSR count). The van der Waals surface area contributed by atoms with Gasteiger partial charge in [-0.15, -0.1) is 11.3 Å². The predicted molar refractivity (Wildman–Crippen MR) is 113 cm³/mol. The lowest BCUT2D eigenvalue weighted by Gasteiger charge is -2.07. The maximum atomic E-state index is 12.2. The first kappa shape index (κ1) is 17.9. The van der Waals surface area contributed by atoms with E-state index in [4.69, 9.17) is 0 Å². The molecule has 0 aliphatic heterocycles. The number of nitrogens with zero attached hydrogens (tertiary/aromatic N) is 1. The largest absolute Gasteiger partial charge is 0.302 e. The van der Waals surface area contributed by atoms with E-state index in [-0.39, 0.29) is 5.91 Å². The number of nitrogens with one attached hydrogen (secondary N) is 1. The Labute approximate surface area is 164 Å². The van der Waals surface area contributed by atoms with Crippen LogP contribution in [0.1, 0.15) is 38.5 Å². The van der Waals surface area contributed by atoms with Crippen molar-refractivity contribution in [3.63, 3.8) is 0 Å². The van der Waals surface area contributed by atoms with Gasteiger partial charge in [0.2, 0.25) is 5.91 Å². The van der Waals surface area contributed by atoms with E-state index in [0.717, 1.165) is 23.6 Å². The normalized spacial score (nSPS) is 14.4. The fourth-order valence-corrected chi connectivity index (χ4v) is 4.48. The van der Waals surface area contributed by atoms with Crippen molar-refractivity contribution in [2.45, 2.75) is 38.5 Å². The van der Waals surface area contributed by atoms with Gasteiger partial charge in [0.15, 0.2) is 5.13 Å². The second-order valence-corrected chi connectivity index (χ2v) is 8.08. The SMILES string of the molecule is O=C(CCC1CCCC1)Nc1nc(-c2ccc(-c3ccccc3)cc2)cs1. The standard InChI is InChI=1S/C23H24N2OS/c26-22(15-10-17-6-4-5-7-17)25-23-24-21(16-27-23)20-13-11-19(12-14-20)18-8-2-1-3-9-18/h1-3,8-9,11-14,16-17H,4-7,10,15H2,(H,24,25,26). The summed E-state index contributed by atoms with van der Waals surface area (Å²) in [6.07, 6.45) is 6.83. The number of carbonyl (C=O) groups is 1. The summed E-state index contributed by atoms with van der Waals surface area (Å²) in [5.74, 6) is 0.827. The van der Waals surface area contributed by atoms with Crippen molar-refractivity contribution in [2.24, 2.45) is 5.92 Å². The minimum Gasteiger partial charge on any atom is -0.302 e. The summed E-state index contributed by atoms with van der Waals surface area (Å²) in [6.45, 7) is 0. The summed E-state index contributed by atoms with van der Waals surface area (Å²) < 4.78 is 0. The number of rotatable bonds is 6. The van der Waals surface area contributed by atoms with Crippen LogP contribution in [0.5, 0.6) is 0 Å². The van der Waals surface area contributed by atoms with E-state index in [1.165, 1.54) is 48.1 Å². The number of anilines is 1. The summed E-state index contributed by atoms with van der Waals surface area (Å²) in [5.41, 5.74) is 4.37. The van der Waals surface area contributed by atoms with E-state index in [1.807, 2.05) is 23.6 Å². The van der Waals surface area contributed by atoms with E-state index in [0.29, 0.717) is 11.6 Å². The monoisotopic (exact) mass is 376 g/mol. The molecule has 1 aromatic heterocycles. The Hall–Kier alpha value is -2.46. The molecule has 0 bridgehead atoms. The molecule has 1 aliphatic carbocycles. The summed E-state index contributed by atoms with van der Waals surface area (Å²) in [6, 6.07) is 18.7. The van der Waals surface area contributed by atoms with Crippen LogP contribution in [0.15, 0.2) is 60.0 Å². The van der Waals surface area contributed by atoms with Gasteiger partial charge in [0, 0.05) is 17.4 Å². The van der Waals surface area contributed by atoms with E-state index in [2.05, 4.69) is 46.7 Å². The Morgan fingerprint density at radius 2 is 1.63 bits per heavy atom. The van der Waals surface area contributed by atoms with Crippen molar-refractivity contribution in [1.29, 1.82) is 0 Å². The zero-order valence-corrected chi connectivity index (χ0v) is 16.2. The van der Waals surface area contributed by atoms with Crippen LogP contribution in [-0.4, -0.2) is 10.9 Å². The molecule has 2 aromatic carbocycles. The van der Waals surface area contributed by atoms with Gasteiger partial charge in [0.25, 0.3) is 0 Å². The smallest absolute Gasteiger partial charge is 0.226 e. The van der Waals surface area contributed by atoms with Gasteiger partial charge in [-0.3, -0.25) is 4.79 Å². The molecule has 1 saturated carbocycles. The molecule has 0 atom stereocenters. The van der Waals surface area contributed by atoms with E-state index >= 15 is 0 Å². The highest BCUT2D eigenvalue weighted by atomic mass is 32.1. The molecular formula is C23H24N2OS. The molecule has 1 aliphatic rings. The minimum atomic E-state index is 0.0854. The fraction of sp³-hybridized carbons (Fsp3) is 0.304. The van der Waals surface area contributed by atoms with Gasteiger partial charge < -0.3 is 5.32 Å². The number of amides is 1. The number of benzene rings is 2. The summed E-state index contributed by atoms with van der Waals surface area (Å²) in [7, 11) is 0. The maximum absolute atomic E-state index is 12.2. The third-order valence-corrected chi connectivity index (χ3v) is 6.05. The van der Waals surface area contributed by atoms with Crippen molar-refractivity contribution in [3.05, 3.63) is 60.0 Å². The van der Waals surface area contributed by atoms with Gasteiger partial charge in [-0.1, -0.05) is 80.3 Å². The average molecular weight is 377 g/mol. The van der Waals surface area contributed by atoms with Crippen molar-refractivity contribution < 1.29 is 4.79 Å². The molecule has 138 valence electrons. The zero-order valence-electron chi connectivity index (χ0n) is 15.4. The maximum Gasteiger partial charge on any atom is 0.226 e. The summed E-state index contributed by atoms with van der Waals surface area (Å²) in [4.78, 5) is 16.8. The fourth-order valence-electron chi connectivity index (χ4n) is 3.74. The van der Waals surface area contributed by atoms with Crippen LogP contribution in [0.4, 0.5) is 5.13 Å². The number of thiazole rings is 1. The van der Waals surface area contributed by atoms with Gasteiger partial charge in [-0.2, -0.15) is 0 Å². The van der Waals surface area contributed by atoms with Crippen LogP contribution in [-0.2, 0) is 4.79 Å². The molecule has 4 heteroatoms. The highest BCUT2D eigenvalue weighted by molar-refractivity contribution is 7.14. The van der Waals surface area contributed by atoms with Crippen LogP contribution in [0.3, 0.4) is 0 Å². The second-order valence-electron chi connectivity index (χ2n) is 7.22. The Morgan fingerprint density at radius 3 is 2.37 bits per heavy atom. The Balaban J connectivity index is 1.36. The van der Waals surface area contributed by atoms with Gasteiger partial charge in [0.05, 0.1) is 5.69 Å². The Morgan fingerprint density at radius 1 is 0.963 bits per heavy atom. The number of carbonyl (C=O) groups excluding carboxylic acids is 1. The molecule has 0 spiro atoms. The molecule has 1 amide bonds. The molecule has 27 heavy (non-hydrogen) atoms. The lowest BCUT2D eigenvalue weighted by atomic mass is 10.0. The molecule has 0 saturated heterocycles. The van der Waals surface area contributed by atoms with E-state index in [9.17, 15) is 4.79 Å². The molecule has 0 unspecified atom stereocenters. The van der Waals surface area contributed by atoms with Gasteiger partial charge in [-0.05, 0) is 23.5 Å². The molecular weight excluding hydrogens is 352 g/mol. The summed E-state index contributed by atoms with van der Waals surface area (Å²) >= 11 is 1.49. The number of hydrogen-bond donors (Lipinski definition) is 1. The highest BCUT2D eigenvalue weighted by Crippen LogP contribution is 2.30. The Kier molecular flexibility index (Phi) is 5.64. The minimum absolute atomic E-state index is 0.0854. The van der Waals surface area contributed by atoms with Gasteiger partial charge in [-0.25, -0.2) is 4.98 Å². The molecule has 1 fully saturated rings.